The predicted molar refractivity (Wildman–Crippen MR) is 130 cm³/mol. The monoisotopic (exact) mass is 532 g/mol. The Bertz CT molecular complexity index is 1250. The lowest BCUT2D eigenvalue weighted by atomic mass is 9.92. The van der Waals surface area contributed by atoms with Gasteiger partial charge in [-0.1, -0.05) is 12.5 Å². The van der Waals surface area contributed by atoms with E-state index in [1.54, 1.807) is 12.1 Å². The highest BCUT2D eigenvalue weighted by atomic mass is 19.3. The van der Waals surface area contributed by atoms with Gasteiger partial charge < -0.3 is 30.0 Å². The van der Waals surface area contributed by atoms with Gasteiger partial charge in [0.25, 0.3) is 5.91 Å². The van der Waals surface area contributed by atoms with Gasteiger partial charge in [0, 0.05) is 29.9 Å². The van der Waals surface area contributed by atoms with Crippen molar-refractivity contribution in [2.75, 3.05) is 20.2 Å². The van der Waals surface area contributed by atoms with E-state index in [1.807, 2.05) is 0 Å². The van der Waals surface area contributed by atoms with Gasteiger partial charge in [0.2, 0.25) is 11.8 Å². The number of alkyl halides is 2. The number of nitrogens with one attached hydrogen (secondary N) is 3. The van der Waals surface area contributed by atoms with Crippen molar-refractivity contribution in [3.8, 4) is 5.75 Å². The van der Waals surface area contributed by atoms with Gasteiger partial charge in [-0.25, -0.2) is 4.79 Å². The Hall–Kier alpha value is -3.70. The van der Waals surface area contributed by atoms with Crippen LogP contribution in [-0.2, 0) is 19.1 Å². The average Bonchev–Trinajstić information content (AvgIpc) is 3.66. The maximum absolute atomic E-state index is 13.7. The van der Waals surface area contributed by atoms with E-state index in [0.717, 1.165) is 19.3 Å². The number of amides is 3. The molecule has 0 unspecified atom stereocenters. The van der Waals surface area contributed by atoms with Gasteiger partial charge in [-0.3, -0.25) is 14.4 Å². The maximum atomic E-state index is 13.7. The van der Waals surface area contributed by atoms with Crippen LogP contribution in [0.1, 0.15) is 42.6 Å². The fraction of sp³-hybridized carbons (Fsp3) is 0.538. The summed E-state index contributed by atoms with van der Waals surface area (Å²) < 4.78 is 35.2. The SMILES string of the molecule is COC(=O)[C@H](C[C@@H]1CCNC1=O)NC(=O)[C@@H]1[C@H]2CCC[C@H]2CN1C(=O)c1cc2c(OC(F)F)cccc2[nH]1. The second-order valence-corrected chi connectivity index (χ2v) is 10.1. The third kappa shape index (κ3) is 4.91. The topological polar surface area (TPSA) is 130 Å². The summed E-state index contributed by atoms with van der Waals surface area (Å²) in [7, 11) is 1.22. The van der Waals surface area contributed by atoms with Crippen LogP contribution in [0.25, 0.3) is 10.9 Å². The summed E-state index contributed by atoms with van der Waals surface area (Å²) in [6.07, 6.45) is 3.23. The number of rotatable bonds is 8. The lowest BCUT2D eigenvalue weighted by Crippen LogP contribution is -2.53. The van der Waals surface area contributed by atoms with Crippen molar-refractivity contribution in [1.29, 1.82) is 0 Å². The fourth-order valence-corrected chi connectivity index (χ4v) is 6.21. The lowest BCUT2D eigenvalue weighted by molar-refractivity contribution is -0.146. The normalized spacial score (nSPS) is 25.4. The number of aromatic nitrogens is 1. The third-order valence-corrected chi connectivity index (χ3v) is 7.98. The van der Waals surface area contributed by atoms with Crippen LogP contribution in [0.5, 0.6) is 5.75 Å². The Kier molecular flexibility index (Phi) is 7.22. The average molecular weight is 533 g/mol. The number of hydrogen-bond donors (Lipinski definition) is 3. The summed E-state index contributed by atoms with van der Waals surface area (Å²) in [5, 5.41) is 5.82. The molecule has 12 heteroatoms. The number of hydrogen-bond acceptors (Lipinski definition) is 6. The molecule has 10 nitrogen and oxygen atoms in total. The number of ether oxygens (including phenoxy) is 2. The number of esters is 1. The van der Waals surface area contributed by atoms with E-state index in [0.29, 0.717) is 30.4 Å². The van der Waals surface area contributed by atoms with Crippen LogP contribution in [0.2, 0.25) is 0 Å². The Morgan fingerprint density at radius 1 is 1.21 bits per heavy atom. The number of methoxy groups -OCH3 is 1. The first-order valence-electron chi connectivity index (χ1n) is 12.8. The molecule has 0 bridgehead atoms. The van der Waals surface area contributed by atoms with Gasteiger partial charge in [-0.05, 0) is 55.7 Å². The highest BCUT2D eigenvalue weighted by Crippen LogP contribution is 2.43. The molecule has 3 N–H and O–H groups in total. The Morgan fingerprint density at radius 3 is 2.74 bits per heavy atom. The van der Waals surface area contributed by atoms with E-state index in [9.17, 15) is 28.0 Å². The standard InChI is InChI=1S/C26H30F2N4O6/c1-37-25(36)19(10-13-8-9-29-22(13)33)31-23(34)21-15-5-2-4-14(15)12-32(21)24(35)18-11-16-17(30-18)6-3-7-20(16)38-26(27)28/h3,6-7,11,13-15,19,21,26,30H,2,4-5,8-10,12H2,1H3,(H,29,33)(H,31,34)/t13-,14-,15-,19-,21-/m0/s1. The second-order valence-electron chi connectivity index (χ2n) is 10.1. The van der Waals surface area contributed by atoms with Gasteiger partial charge in [0.1, 0.15) is 23.5 Å². The summed E-state index contributed by atoms with van der Waals surface area (Å²) in [6.45, 7) is -2.14. The van der Waals surface area contributed by atoms with Crippen LogP contribution in [0.3, 0.4) is 0 Å². The van der Waals surface area contributed by atoms with Crippen molar-refractivity contribution in [2.24, 2.45) is 17.8 Å². The minimum absolute atomic E-state index is 0.0581. The lowest BCUT2D eigenvalue weighted by Gasteiger charge is -2.28. The molecule has 204 valence electrons. The molecule has 1 aliphatic carbocycles. The van der Waals surface area contributed by atoms with Crippen molar-refractivity contribution in [3.05, 3.63) is 30.0 Å². The molecule has 3 fully saturated rings. The Morgan fingerprint density at radius 2 is 2.03 bits per heavy atom. The van der Waals surface area contributed by atoms with Crippen LogP contribution in [-0.4, -0.2) is 72.5 Å². The zero-order valence-electron chi connectivity index (χ0n) is 20.9. The molecule has 38 heavy (non-hydrogen) atoms. The first-order valence-corrected chi connectivity index (χ1v) is 12.8. The second kappa shape index (κ2) is 10.6. The molecule has 3 aliphatic rings. The van der Waals surface area contributed by atoms with Crippen LogP contribution < -0.4 is 15.4 Å². The van der Waals surface area contributed by atoms with Crippen LogP contribution in [0.15, 0.2) is 24.3 Å². The minimum Gasteiger partial charge on any atom is -0.467 e. The van der Waals surface area contributed by atoms with Gasteiger partial charge in [-0.15, -0.1) is 0 Å². The van der Waals surface area contributed by atoms with Crippen molar-refractivity contribution >= 4 is 34.6 Å². The van der Waals surface area contributed by atoms with Crippen molar-refractivity contribution < 1.29 is 37.4 Å². The first kappa shape index (κ1) is 25.9. The van der Waals surface area contributed by atoms with Gasteiger partial charge >= 0.3 is 12.6 Å². The van der Waals surface area contributed by atoms with Crippen molar-refractivity contribution in [2.45, 2.75) is 50.8 Å². The first-order chi connectivity index (χ1) is 18.3. The molecule has 3 amide bonds. The summed E-state index contributed by atoms with van der Waals surface area (Å²) >= 11 is 0. The van der Waals surface area contributed by atoms with Gasteiger partial charge in [0.15, 0.2) is 0 Å². The number of carbonyl (C=O) groups is 4. The third-order valence-electron chi connectivity index (χ3n) is 7.98. The van der Waals surface area contributed by atoms with E-state index in [4.69, 9.17) is 4.74 Å². The summed E-state index contributed by atoms with van der Waals surface area (Å²) in [5.41, 5.74) is 0.600. The molecule has 1 aromatic heterocycles. The smallest absolute Gasteiger partial charge is 0.387 e. The van der Waals surface area contributed by atoms with Crippen LogP contribution >= 0.6 is 0 Å². The molecule has 3 heterocycles. The number of benzene rings is 1. The Balaban J connectivity index is 1.39. The molecule has 0 radical (unpaired) electrons. The minimum atomic E-state index is -3.02. The molecular formula is C26H30F2N4O6. The summed E-state index contributed by atoms with van der Waals surface area (Å²) in [6, 6.07) is 4.19. The fourth-order valence-electron chi connectivity index (χ4n) is 6.21. The number of nitrogens with zero attached hydrogens (tertiary/aromatic N) is 1. The molecule has 1 saturated carbocycles. The van der Waals surface area contributed by atoms with Crippen molar-refractivity contribution in [1.82, 2.24) is 20.5 Å². The van der Waals surface area contributed by atoms with E-state index in [2.05, 4.69) is 20.4 Å². The molecular weight excluding hydrogens is 502 g/mol. The molecule has 0 spiro atoms. The predicted octanol–water partition coefficient (Wildman–Crippen LogP) is 2.19. The van der Waals surface area contributed by atoms with E-state index in [1.165, 1.54) is 24.1 Å². The molecule has 2 aliphatic heterocycles. The Labute approximate surface area is 217 Å². The number of likely N-dealkylation sites (tertiary alicyclic amines) is 1. The highest BCUT2D eigenvalue weighted by molar-refractivity contribution is 6.02. The highest BCUT2D eigenvalue weighted by Gasteiger charge is 2.50. The summed E-state index contributed by atoms with van der Waals surface area (Å²) in [4.78, 5) is 56.4. The molecule has 5 atom stereocenters. The number of aromatic amines is 1. The van der Waals surface area contributed by atoms with Gasteiger partial charge in [-0.2, -0.15) is 8.78 Å². The van der Waals surface area contributed by atoms with Crippen LogP contribution in [0.4, 0.5) is 8.78 Å². The molecule has 2 aromatic rings. The number of carbonyl (C=O) groups excluding carboxylic acids is 4. The summed E-state index contributed by atoms with van der Waals surface area (Å²) in [5.74, 6) is -2.16. The van der Waals surface area contributed by atoms with Crippen LogP contribution in [0, 0.1) is 17.8 Å². The largest absolute Gasteiger partial charge is 0.467 e. The van der Waals surface area contributed by atoms with E-state index in [-0.39, 0.29) is 35.6 Å². The molecule has 1 aromatic carbocycles. The number of halogens is 2. The molecule has 5 rings (SSSR count). The molecule has 2 saturated heterocycles. The zero-order chi connectivity index (χ0) is 27.0. The quantitative estimate of drug-likeness (QED) is 0.447. The number of fused-ring (bicyclic) bond motifs is 2. The van der Waals surface area contributed by atoms with E-state index >= 15 is 0 Å². The zero-order valence-corrected chi connectivity index (χ0v) is 20.9. The van der Waals surface area contributed by atoms with Crippen molar-refractivity contribution in [3.63, 3.8) is 0 Å². The maximum Gasteiger partial charge on any atom is 0.387 e. The van der Waals surface area contributed by atoms with E-state index < -0.39 is 42.4 Å². The van der Waals surface area contributed by atoms with Gasteiger partial charge in [0.05, 0.1) is 7.11 Å². The number of H-pyrrole nitrogens is 1.